The van der Waals surface area contributed by atoms with Crippen LogP contribution in [0.15, 0.2) is 24.4 Å². The van der Waals surface area contributed by atoms with Crippen molar-refractivity contribution in [1.29, 1.82) is 5.26 Å². The lowest BCUT2D eigenvalue weighted by molar-refractivity contribution is 0.881. The smallest absolute Gasteiger partial charge is 0.216 e. The summed E-state index contributed by atoms with van der Waals surface area (Å²) in [7, 11) is 0. The van der Waals surface area contributed by atoms with Gasteiger partial charge in [0.15, 0.2) is 0 Å². The van der Waals surface area contributed by atoms with Crippen LogP contribution in [0.1, 0.15) is 17.2 Å². The van der Waals surface area contributed by atoms with Gasteiger partial charge in [0.2, 0.25) is 5.82 Å². The fraction of sp³-hybridized carbons (Fsp3) is 0.143. The van der Waals surface area contributed by atoms with Crippen LogP contribution in [0.5, 0.6) is 0 Å². The molecule has 0 bridgehead atoms. The zero-order valence-electron chi connectivity index (χ0n) is 12.0. The molecule has 2 aromatic heterocycles. The van der Waals surface area contributed by atoms with Gasteiger partial charge in [-0.3, -0.25) is 0 Å². The number of aromatic amines is 1. The van der Waals surface area contributed by atoms with Crippen molar-refractivity contribution in [3.63, 3.8) is 0 Å². The first-order valence-corrected chi connectivity index (χ1v) is 6.53. The van der Waals surface area contributed by atoms with Crippen molar-refractivity contribution in [2.45, 2.75) is 13.8 Å². The predicted molar refractivity (Wildman–Crippen MR) is 80.4 cm³/mol. The van der Waals surface area contributed by atoms with E-state index in [0.717, 1.165) is 28.1 Å². The van der Waals surface area contributed by atoms with Crippen LogP contribution >= 0.6 is 0 Å². The summed E-state index contributed by atoms with van der Waals surface area (Å²) in [5.41, 5.74) is 4.50. The molecule has 0 aliphatic rings. The Morgan fingerprint density at radius 1 is 1.23 bits per heavy atom. The fourth-order valence-electron chi connectivity index (χ4n) is 1.90. The number of aryl methyl sites for hydroxylation is 2. The minimum atomic E-state index is 0.238. The highest BCUT2D eigenvalue weighted by Gasteiger charge is 2.06. The van der Waals surface area contributed by atoms with E-state index in [-0.39, 0.29) is 11.4 Å². The van der Waals surface area contributed by atoms with Crippen LogP contribution in [0.3, 0.4) is 0 Å². The highest BCUT2D eigenvalue weighted by Crippen LogP contribution is 2.18. The van der Waals surface area contributed by atoms with E-state index in [4.69, 9.17) is 5.26 Å². The maximum absolute atomic E-state index is 9.11. The van der Waals surface area contributed by atoms with Gasteiger partial charge in [0.05, 0.1) is 22.4 Å². The van der Waals surface area contributed by atoms with Crippen LogP contribution in [0.4, 0.5) is 5.69 Å². The molecule has 1 aromatic carbocycles. The Bertz CT molecular complexity index is 889. The summed E-state index contributed by atoms with van der Waals surface area (Å²) in [6.07, 6.45) is 1.53. The maximum atomic E-state index is 9.11. The molecule has 0 fully saturated rings. The molecule has 3 rings (SSSR count). The minimum absolute atomic E-state index is 0.238. The van der Waals surface area contributed by atoms with E-state index in [1.54, 1.807) is 0 Å². The zero-order chi connectivity index (χ0) is 15.5. The van der Waals surface area contributed by atoms with Crippen molar-refractivity contribution in [2.75, 3.05) is 5.32 Å². The Morgan fingerprint density at radius 2 is 2.00 bits per heavy atom. The molecule has 0 unspecified atom stereocenters. The van der Waals surface area contributed by atoms with Crippen LogP contribution in [0.25, 0.3) is 16.6 Å². The van der Waals surface area contributed by atoms with Crippen LogP contribution < -0.4 is 5.32 Å². The van der Waals surface area contributed by atoms with Gasteiger partial charge in [0.1, 0.15) is 11.6 Å². The van der Waals surface area contributed by atoms with E-state index in [1.165, 1.54) is 6.20 Å². The van der Waals surface area contributed by atoms with Gasteiger partial charge in [0, 0.05) is 11.9 Å². The third-order valence-corrected chi connectivity index (χ3v) is 3.17. The number of rotatable bonds is 3. The number of H-pyrrole nitrogens is 1. The SMILES string of the molecule is Cc1nc2ccc(NC=C(C#N)c3nn[nH]n3)cc2nc1C. The van der Waals surface area contributed by atoms with Crippen molar-refractivity contribution in [1.82, 2.24) is 30.6 Å². The van der Waals surface area contributed by atoms with Crippen molar-refractivity contribution < 1.29 is 0 Å². The van der Waals surface area contributed by atoms with Crippen LogP contribution in [-0.2, 0) is 0 Å². The van der Waals surface area contributed by atoms with Gasteiger partial charge >= 0.3 is 0 Å². The number of nitriles is 1. The summed E-state index contributed by atoms with van der Waals surface area (Å²) in [6.45, 7) is 3.85. The Kier molecular flexibility index (Phi) is 3.45. The summed E-state index contributed by atoms with van der Waals surface area (Å²) in [5.74, 6) is 0.238. The third-order valence-electron chi connectivity index (χ3n) is 3.17. The van der Waals surface area contributed by atoms with Crippen molar-refractivity contribution in [2.24, 2.45) is 0 Å². The Hall–Kier alpha value is -3.34. The quantitative estimate of drug-likeness (QED) is 0.706. The molecule has 0 saturated heterocycles. The summed E-state index contributed by atoms with van der Waals surface area (Å²) >= 11 is 0. The molecule has 2 heterocycles. The van der Waals surface area contributed by atoms with Gasteiger partial charge in [-0.05, 0) is 37.3 Å². The highest BCUT2D eigenvalue weighted by atomic mass is 15.5. The van der Waals surface area contributed by atoms with Crippen LogP contribution in [0, 0.1) is 25.2 Å². The second-order valence-corrected chi connectivity index (χ2v) is 4.65. The number of nitrogens with one attached hydrogen (secondary N) is 2. The molecule has 0 atom stereocenters. The molecule has 0 aliphatic heterocycles. The number of nitrogens with zero attached hydrogens (tertiary/aromatic N) is 6. The summed E-state index contributed by atoms with van der Waals surface area (Å²) in [5, 5.41) is 25.4. The van der Waals surface area contributed by atoms with Gasteiger partial charge in [-0.2, -0.15) is 10.5 Å². The van der Waals surface area contributed by atoms with Gasteiger partial charge < -0.3 is 5.32 Å². The molecule has 108 valence electrons. The molecule has 0 radical (unpaired) electrons. The minimum Gasteiger partial charge on any atom is -0.360 e. The molecule has 0 aliphatic carbocycles. The van der Waals surface area contributed by atoms with Crippen molar-refractivity contribution >= 4 is 22.3 Å². The first-order chi connectivity index (χ1) is 10.7. The highest BCUT2D eigenvalue weighted by molar-refractivity contribution is 5.80. The molecule has 8 heteroatoms. The first-order valence-electron chi connectivity index (χ1n) is 6.53. The number of hydrogen-bond donors (Lipinski definition) is 2. The standard InChI is InChI=1S/C14H12N8/c1-8-9(2)18-13-5-11(3-4-12(13)17-8)16-7-10(6-15)14-19-21-22-20-14/h3-5,7,16H,1-2H3,(H,19,20,21,22). The predicted octanol–water partition coefficient (Wildman–Crippen LogP) is 1.74. The van der Waals surface area contributed by atoms with Crippen LogP contribution in [0.2, 0.25) is 0 Å². The Balaban J connectivity index is 1.91. The summed E-state index contributed by atoms with van der Waals surface area (Å²) in [4.78, 5) is 8.98. The lowest BCUT2D eigenvalue weighted by Gasteiger charge is -2.05. The third kappa shape index (κ3) is 2.60. The molecule has 0 amide bonds. The molecule has 0 spiro atoms. The first kappa shape index (κ1) is 13.6. The average molecular weight is 292 g/mol. The Morgan fingerprint density at radius 3 is 2.68 bits per heavy atom. The fourth-order valence-corrected chi connectivity index (χ4v) is 1.90. The zero-order valence-corrected chi connectivity index (χ0v) is 12.0. The van der Waals surface area contributed by atoms with E-state index in [2.05, 4.69) is 35.9 Å². The molecular formula is C14H12N8. The van der Waals surface area contributed by atoms with E-state index in [0.29, 0.717) is 0 Å². The lowest BCUT2D eigenvalue weighted by Crippen LogP contribution is -1.96. The second-order valence-electron chi connectivity index (χ2n) is 4.65. The number of tetrazole rings is 1. The molecule has 2 N–H and O–H groups in total. The summed E-state index contributed by atoms with van der Waals surface area (Å²) in [6, 6.07) is 7.63. The number of aromatic nitrogens is 6. The monoisotopic (exact) mass is 292 g/mol. The van der Waals surface area contributed by atoms with Crippen molar-refractivity contribution in [3.05, 3.63) is 41.6 Å². The van der Waals surface area contributed by atoms with Gasteiger partial charge in [-0.1, -0.05) is 0 Å². The van der Waals surface area contributed by atoms with E-state index < -0.39 is 0 Å². The molecule has 22 heavy (non-hydrogen) atoms. The van der Waals surface area contributed by atoms with Crippen molar-refractivity contribution in [3.8, 4) is 6.07 Å². The van der Waals surface area contributed by atoms with Gasteiger partial charge in [-0.25, -0.2) is 9.97 Å². The van der Waals surface area contributed by atoms with E-state index in [9.17, 15) is 0 Å². The van der Waals surface area contributed by atoms with Gasteiger partial charge in [-0.15, -0.1) is 10.2 Å². The largest absolute Gasteiger partial charge is 0.360 e. The number of anilines is 1. The number of hydrogen-bond acceptors (Lipinski definition) is 7. The second kappa shape index (κ2) is 5.57. The molecular weight excluding hydrogens is 280 g/mol. The van der Waals surface area contributed by atoms with Crippen LogP contribution in [-0.4, -0.2) is 30.6 Å². The average Bonchev–Trinajstić information content (AvgIpc) is 3.03. The molecule has 8 nitrogen and oxygen atoms in total. The van der Waals surface area contributed by atoms with E-state index in [1.807, 2.05) is 38.1 Å². The number of fused-ring (bicyclic) bond motifs is 1. The topological polar surface area (TPSA) is 116 Å². The van der Waals surface area contributed by atoms with E-state index >= 15 is 0 Å². The lowest BCUT2D eigenvalue weighted by atomic mass is 10.2. The number of benzene rings is 1. The number of allylic oxidation sites excluding steroid dienone is 1. The molecule has 0 saturated carbocycles. The Labute approximate surface area is 125 Å². The normalized spacial score (nSPS) is 11.4. The maximum Gasteiger partial charge on any atom is 0.216 e. The van der Waals surface area contributed by atoms with Gasteiger partial charge in [0.25, 0.3) is 0 Å². The summed E-state index contributed by atoms with van der Waals surface area (Å²) < 4.78 is 0. The molecule has 3 aromatic rings.